The van der Waals surface area contributed by atoms with Crippen LogP contribution in [0, 0.1) is 0 Å². The normalized spacial score (nSPS) is 10.7. The molecule has 3 rings (SSSR count). The molecule has 0 saturated heterocycles. The van der Waals surface area contributed by atoms with Crippen molar-refractivity contribution >= 4 is 28.5 Å². The van der Waals surface area contributed by atoms with E-state index in [1.807, 2.05) is 30.3 Å². The zero-order valence-corrected chi connectivity index (χ0v) is 11.1. The number of hydrogen-bond acceptors (Lipinski definition) is 2. The van der Waals surface area contributed by atoms with Crippen molar-refractivity contribution in [2.45, 2.75) is 0 Å². The molecule has 0 atom stereocenters. The molecule has 0 amide bonds. The maximum atomic E-state index is 11.5. The third kappa shape index (κ3) is 2.12. The Balaban J connectivity index is 2.44. The van der Waals surface area contributed by atoms with E-state index in [0.29, 0.717) is 10.6 Å². The van der Waals surface area contributed by atoms with Crippen LogP contribution in [0.2, 0.25) is 5.02 Å². The Labute approximate surface area is 120 Å². The average Bonchev–Trinajstić information content (AvgIpc) is 2.46. The summed E-state index contributed by atoms with van der Waals surface area (Å²) in [7, 11) is 0. The maximum absolute atomic E-state index is 11.5. The van der Waals surface area contributed by atoms with Gasteiger partial charge in [0.1, 0.15) is 0 Å². The minimum absolute atomic E-state index is 0.172. The molecule has 0 aliphatic heterocycles. The molecule has 0 fully saturated rings. The summed E-state index contributed by atoms with van der Waals surface area (Å²) in [6.45, 7) is 0. The summed E-state index contributed by atoms with van der Waals surface area (Å²) in [5.74, 6) is -1.00. The molecule has 0 bridgehead atoms. The summed E-state index contributed by atoms with van der Waals surface area (Å²) in [5.41, 5.74) is 2.37. The molecular formula is C16H10ClNO2. The molecule has 0 aliphatic rings. The van der Waals surface area contributed by atoms with Crippen molar-refractivity contribution in [2.24, 2.45) is 0 Å². The Morgan fingerprint density at radius 2 is 1.85 bits per heavy atom. The van der Waals surface area contributed by atoms with Crippen LogP contribution in [0.25, 0.3) is 22.0 Å². The van der Waals surface area contributed by atoms with Gasteiger partial charge in [-0.1, -0.05) is 41.9 Å². The lowest BCUT2D eigenvalue weighted by Gasteiger charge is -2.10. The van der Waals surface area contributed by atoms with Gasteiger partial charge in [0.15, 0.2) is 0 Å². The van der Waals surface area contributed by atoms with Gasteiger partial charge in [0, 0.05) is 22.2 Å². The predicted octanol–water partition coefficient (Wildman–Crippen LogP) is 4.25. The molecule has 1 N–H and O–H groups in total. The van der Waals surface area contributed by atoms with Crippen LogP contribution in [-0.2, 0) is 0 Å². The third-order valence-electron chi connectivity index (χ3n) is 3.12. The minimum atomic E-state index is -1.00. The molecule has 1 aromatic heterocycles. The van der Waals surface area contributed by atoms with Crippen molar-refractivity contribution < 1.29 is 9.90 Å². The second-order valence-corrected chi connectivity index (χ2v) is 4.82. The molecule has 4 heteroatoms. The molecule has 20 heavy (non-hydrogen) atoms. The molecule has 0 unspecified atom stereocenters. The van der Waals surface area contributed by atoms with E-state index in [2.05, 4.69) is 4.98 Å². The van der Waals surface area contributed by atoms with Crippen molar-refractivity contribution in [3.63, 3.8) is 0 Å². The molecule has 0 radical (unpaired) electrons. The van der Waals surface area contributed by atoms with Crippen LogP contribution in [0.3, 0.4) is 0 Å². The van der Waals surface area contributed by atoms with Gasteiger partial charge in [0.05, 0.1) is 11.1 Å². The quantitative estimate of drug-likeness (QED) is 0.765. The molecule has 3 aromatic rings. The topological polar surface area (TPSA) is 50.2 Å². The number of rotatable bonds is 2. The lowest BCUT2D eigenvalue weighted by Crippen LogP contribution is -2.01. The number of aromatic carboxylic acids is 1. The molecule has 0 saturated carbocycles. The molecule has 3 nitrogen and oxygen atoms in total. The summed E-state index contributed by atoms with van der Waals surface area (Å²) < 4.78 is 0. The zero-order valence-electron chi connectivity index (χ0n) is 10.4. The van der Waals surface area contributed by atoms with Crippen LogP contribution in [0.4, 0.5) is 0 Å². The van der Waals surface area contributed by atoms with Crippen molar-refractivity contribution in [1.29, 1.82) is 0 Å². The van der Waals surface area contributed by atoms with Crippen molar-refractivity contribution in [2.75, 3.05) is 0 Å². The zero-order chi connectivity index (χ0) is 14.1. The fourth-order valence-corrected chi connectivity index (χ4v) is 2.41. The van der Waals surface area contributed by atoms with Gasteiger partial charge in [0.2, 0.25) is 0 Å². The molecule has 0 aliphatic carbocycles. The number of aromatic nitrogens is 1. The van der Waals surface area contributed by atoms with Crippen LogP contribution in [0.1, 0.15) is 10.4 Å². The lowest BCUT2D eigenvalue weighted by molar-refractivity contribution is 0.0697. The number of benzene rings is 2. The van der Waals surface area contributed by atoms with Crippen molar-refractivity contribution in [3.05, 3.63) is 65.3 Å². The molecule has 98 valence electrons. The first-order valence-corrected chi connectivity index (χ1v) is 6.41. The predicted molar refractivity (Wildman–Crippen MR) is 79.1 cm³/mol. The standard InChI is InChI=1S/C16H10ClNO2/c17-11-6-7-14-12(8-11)15(10-4-2-1-3-5-10)13(9-18-14)16(19)20/h1-9H,(H,19,20). The molecule has 0 spiro atoms. The van der Waals surface area contributed by atoms with Crippen LogP contribution >= 0.6 is 11.6 Å². The summed E-state index contributed by atoms with van der Waals surface area (Å²) in [4.78, 5) is 15.6. The third-order valence-corrected chi connectivity index (χ3v) is 3.36. The smallest absolute Gasteiger partial charge is 0.337 e. The van der Waals surface area contributed by atoms with Gasteiger partial charge >= 0.3 is 5.97 Å². The van der Waals surface area contributed by atoms with E-state index < -0.39 is 5.97 Å². The van der Waals surface area contributed by atoms with Gasteiger partial charge in [-0.25, -0.2) is 4.79 Å². The van der Waals surface area contributed by atoms with Crippen LogP contribution in [0.5, 0.6) is 0 Å². The number of carboxylic acids is 1. The molecule has 1 heterocycles. The fraction of sp³-hybridized carbons (Fsp3) is 0. The number of hydrogen-bond donors (Lipinski definition) is 1. The maximum Gasteiger partial charge on any atom is 0.337 e. The number of nitrogens with zero attached hydrogens (tertiary/aromatic N) is 1. The van der Waals surface area contributed by atoms with Gasteiger partial charge in [-0.2, -0.15) is 0 Å². The molecule has 2 aromatic carbocycles. The second kappa shape index (κ2) is 4.94. The first-order chi connectivity index (χ1) is 9.66. The van der Waals surface area contributed by atoms with Gasteiger partial charge in [-0.15, -0.1) is 0 Å². The van der Waals surface area contributed by atoms with Gasteiger partial charge < -0.3 is 5.11 Å². The summed E-state index contributed by atoms with van der Waals surface area (Å²) in [6.07, 6.45) is 1.39. The Hall–Kier alpha value is -2.39. The van der Waals surface area contributed by atoms with E-state index in [1.165, 1.54) is 6.20 Å². The Morgan fingerprint density at radius 1 is 1.10 bits per heavy atom. The summed E-state index contributed by atoms with van der Waals surface area (Å²) >= 11 is 6.03. The van der Waals surface area contributed by atoms with Gasteiger partial charge in [0.25, 0.3) is 0 Å². The fourth-order valence-electron chi connectivity index (χ4n) is 2.24. The average molecular weight is 284 g/mol. The largest absolute Gasteiger partial charge is 0.478 e. The number of halogens is 1. The van der Waals surface area contributed by atoms with E-state index in [4.69, 9.17) is 11.6 Å². The lowest BCUT2D eigenvalue weighted by atomic mass is 9.96. The first-order valence-electron chi connectivity index (χ1n) is 6.04. The SMILES string of the molecule is O=C(O)c1cnc2ccc(Cl)cc2c1-c1ccccc1. The van der Waals surface area contributed by atoms with Crippen LogP contribution < -0.4 is 0 Å². The Bertz CT molecular complexity index is 800. The van der Waals surface area contributed by atoms with Crippen LogP contribution in [-0.4, -0.2) is 16.1 Å². The Kier molecular flexibility index (Phi) is 3.12. The molecular weight excluding hydrogens is 274 g/mol. The van der Waals surface area contributed by atoms with E-state index >= 15 is 0 Å². The van der Waals surface area contributed by atoms with E-state index in [0.717, 1.165) is 16.5 Å². The minimum Gasteiger partial charge on any atom is -0.478 e. The summed E-state index contributed by atoms with van der Waals surface area (Å²) in [6, 6.07) is 14.7. The first kappa shape index (κ1) is 12.6. The van der Waals surface area contributed by atoms with E-state index in [-0.39, 0.29) is 5.56 Å². The number of pyridine rings is 1. The number of carboxylic acid groups (broad SMARTS) is 1. The van der Waals surface area contributed by atoms with Crippen molar-refractivity contribution in [1.82, 2.24) is 4.98 Å². The highest BCUT2D eigenvalue weighted by atomic mass is 35.5. The van der Waals surface area contributed by atoms with Gasteiger partial charge in [-0.05, 0) is 23.8 Å². The highest BCUT2D eigenvalue weighted by Crippen LogP contribution is 2.32. The Morgan fingerprint density at radius 3 is 2.55 bits per heavy atom. The summed E-state index contributed by atoms with van der Waals surface area (Å²) in [5, 5.41) is 10.7. The highest BCUT2D eigenvalue weighted by Gasteiger charge is 2.16. The van der Waals surface area contributed by atoms with Gasteiger partial charge in [-0.3, -0.25) is 4.98 Å². The highest BCUT2D eigenvalue weighted by molar-refractivity contribution is 6.31. The van der Waals surface area contributed by atoms with E-state index in [1.54, 1.807) is 18.2 Å². The van der Waals surface area contributed by atoms with Crippen LogP contribution in [0.15, 0.2) is 54.7 Å². The van der Waals surface area contributed by atoms with Crippen molar-refractivity contribution in [3.8, 4) is 11.1 Å². The number of fused-ring (bicyclic) bond motifs is 1. The monoisotopic (exact) mass is 283 g/mol. The van der Waals surface area contributed by atoms with E-state index in [9.17, 15) is 9.90 Å². The number of carbonyl (C=O) groups is 1. The second-order valence-electron chi connectivity index (χ2n) is 4.38.